The highest BCUT2D eigenvalue weighted by molar-refractivity contribution is 6.09. The molecule has 0 atom stereocenters. The molecule has 1 aliphatic heterocycles. The SMILES string of the molecule is COc1ccc(C(=O)c2ccc(C3OCCO3)cc2)cc1. The molecule has 0 aromatic heterocycles. The number of rotatable bonds is 4. The number of ether oxygens (including phenoxy) is 3. The van der Waals surface area contributed by atoms with E-state index in [1.165, 1.54) is 0 Å². The van der Waals surface area contributed by atoms with E-state index in [0.717, 1.165) is 11.3 Å². The standard InChI is InChI=1S/C17H16O4/c1-19-15-8-6-13(7-9-15)16(18)12-2-4-14(5-3-12)17-20-10-11-21-17/h2-9,17H,10-11H2,1H3. The zero-order valence-electron chi connectivity index (χ0n) is 11.7. The molecule has 21 heavy (non-hydrogen) atoms. The summed E-state index contributed by atoms with van der Waals surface area (Å²) in [7, 11) is 1.60. The Balaban J connectivity index is 1.77. The molecule has 4 nitrogen and oxygen atoms in total. The molecule has 2 aromatic rings. The number of carbonyl (C=O) groups is 1. The molecule has 0 saturated carbocycles. The van der Waals surface area contributed by atoms with Crippen LogP contribution in [-0.4, -0.2) is 26.1 Å². The van der Waals surface area contributed by atoms with Crippen LogP contribution in [0.2, 0.25) is 0 Å². The van der Waals surface area contributed by atoms with E-state index in [4.69, 9.17) is 14.2 Å². The van der Waals surface area contributed by atoms with Crippen molar-refractivity contribution >= 4 is 5.78 Å². The number of methoxy groups -OCH3 is 1. The Labute approximate surface area is 123 Å². The average molecular weight is 284 g/mol. The van der Waals surface area contributed by atoms with E-state index in [1.54, 1.807) is 43.5 Å². The van der Waals surface area contributed by atoms with Crippen molar-refractivity contribution in [2.45, 2.75) is 6.29 Å². The third kappa shape index (κ3) is 2.96. The van der Waals surface area contributed by atoms with Crippen molar-refractivity contribution in [2.75, 3.05) is 20.3 Å². The number of hydrogen-bond acceptors (Lipinski definition) is 4. The van der Waals surface area contributed by atoms with Gasteiger partial charge in [-0.05, 0) is 24.3 Å². The largest absolute Gasteiger partial charge is 0.497 e. The minimum atomic E-state index is -0.310. The van der Waals surface area contributed by atoms with Crippen molar-refractivity contribution < 1.29 is 19.0 Å². The first kappa shape index (κ1) is 13.8. The summed E-state index contributed by atoms with van der Waals surface area (Å²) in [5, 5.41) is 0. The van der Waals surface area contributed by atoms with Crippen LogP contribution in [0.5, 0.6) is 5.75 Å². The maximum Gasteiger partial charge on any atom is 0.193 e. The van der Waals surface area contributed by atoms with Gasteiger partial charge in [0.2, 0.25) is 0 Å². The topological polar surface area (TPSA) is 44.8 Å². The first-order valence-corrected chi connectivity index (χ1v) is 6.80. The third-order valence-corrected chi connectivity index (χ3v) is 3.42. The van der Waals surface area contributed by atoms with Crippen molar-refractivity contribution in [3.63, 3.8) is 0 Å². The highest BCUT2D eigenvalue weighted by atomic mass is 16.7. The Bertz CT molecular complexity index is 610. The van der Waals surface area contributed by atoms with E-state index in [2.05, 4.69) is 0 Å². The molecule has 0 radical (unpaired) electrons. The van der Waals surface area contributed by atoms with Gasteiger partial charge < -0.3 is 14.2 Å². The van der Waals surface area contributed by atoms with Gasteiger partial charge in [0.25, 0.3) is 0 Å². The molecular formula is C17H16O4. The molecule has 1 heterocycles. The van der Waals surface area contributed by atoms with Gasteiger partial charge in [-0.1, -0.05) is 24.3 Å². The van der Waals surface area contributed by atoms with Crippen LogP contribution in [0.15, 0.2) is 48.5 Å². The summed E-state index contributed by atoms with van der Waals surface area (Å²) < 4.78 is 15.9. The predicted octanol–water partition coefficient (Wildman–Crippen LogP) is 2.97. The number of carbonyl (C=O) groups excluding carboxylic acids is 1. The van der Waals surface area contributed by atoms with Crippen LogP contribution in [0, 0.1) is 0 Å². The Kier molecular flexibility index (Phi) is 3.99. The molecule has 0 N–H and O–H groups in total. The van der Waals surface area contributed by atoms with E-state index < -0.39 is 0 Å². The van der Waals surface area contributed by atoms with Gasteiger partial charge in [0.1, 0.15) is 5.75 Å². The van der Waals surface area contributed by atoms with Crippen molar-refractivity contribution in [1.29, 1.82) is 0 Å². The summed E-state index contributed by atoms with van der Waals surface area (Å²) in [6.45, 7) is 1.22. The molecule has 0 bridgehead atoms. The molecule has 1 fully saturated rings. The van der Waals surface area contributed by atoms with Gasteiger partial charge in [-0.2, -0.15) is 0 Å². The Hall–Kier alpha value is -2.17. The smallest absolute Gasteiger partial charge is 0.193 e. The van der Waals surface area contributed by atoms with Gasteiger partial charge in [-0.25, -0.2) is 0 Å². The minimum Gasteiger partial charge on any atom is -0.497 e. The number of benzene rings is 2. The summed E-state index contributed by atoms with van der Waals surface area (Å²) in [4.78, 5) is 12.4. The Morgan fingerprint density at radius 2 is 1.48 bits per heavy atom. The molecule has 4 heteroatoms. The van der Waals surface area contributed by atoms with Gasteiger partial charge >= 0.3 is 0 Å². The van der Waals surface area contributed by atoms with E-state index in [1.807, 2.05) is 12.1 Å². The zero-order valence-corrected chi connectivity index (χ0v) is 11.7. The Morgan fingerprint density at radius 1 is 0.952 bits per heavy atom. The number of ketones is 1. The number of hydrogen-bond donors (Lipinski definition) is 0. The van der Waals surface area contributed by atoms with Gasteiger partial charge in [-0.15, -0.1) is 0 Å². The third-order valence-electron chi connectivity index (χ3n) is 3.42. The van der Waals surface area contributed by atoms with Crippen LogP contribution in [0.25, 0.3) is 0 Å². The van der Waals surface area contributed by atoms with Crippen molar-refractivity contribution in [2.24, 2.45) is 0 Å². The van der Waals surface area contributed by atoms with Crippen LogP contribution >= 0.6 is 0 Å². The second-order valence-electron chi connectivity index (χ2n) is 4.75. The van der Waals surface area contributed by atoms with Gasteiger partial charge in [0.05, 0.1) is 20.3 Å². The molecular weight excluding hydrogens is 268 g/mol. The van der Waals surface area contributed by atoms with Gasteiger partial charge in [0.15, 0.2) is 12.1 Å². The van der Waals surface area contributed by atoms with Crippen molar-refractivity contribution in [3.05, 3.63) is 65.2 Å². The highest BCUT2D eigenvalue weighted by Gasteiger charge is 2.18. The summed E-state index contributed by atoms with van der Waals surface area (Å²) in [5.74, 6) is 0.717. The average Bonchev–Trinajstić information content (AvgIpc) is 3.09. The van der Waals surface area contributed by atoms with Gasteiger partial charge in [-0.3, -0.25) is 4.79 Å². The lowest BCUT2D eigenvalue weighted by atomic mass is 10.0. The van der Waals surface area contributed by atoms with E-state index in [9.17, 15) is 4.79 Å². The second-order valence-corrected chi connectivity index (χ2v) is 4.75. The molecule has 0 spiro atoms. The molecule has 2 aromatic carbocycles. The monoisotopic (exact) mass is 284 g/mol. The summed E-state index contributed by atoms with van der Waals surface area (Å²) in [6, 6.07) is 14.4. The lowest BCUT2D eigenvalue weighted by Gasteiger charge is -2.09. The van der Waals surface area contributed by atoms with Crippen molar-refractivity contribution in [1.82, 2.24) is 0 Å². The van der Waals surface area contributed by atoms with Crippen molar-refractivity contribution in [3.8, 4) is 5.75 Å². The van der Waals surface area contributed by atoms with Crippen LogP contribution in [-0.2, 0) is 9.47 Å². The van der Waals surface area contributed by atoms with Crippen LogP contribution in [0.1, 0.15) is 27.8 Å². The molecule has 0 amide bonds. The summed E-state index contributed by atoms with van der Waals surface area (Å²) >= 11 is 0. The second kappa shape index (κ2) is 6.08. The molecule has 108 valence electrons. The molecule has 0 aliphatic carbocycles. The minimum absolute atomic E-state index is 0.0162. The van der Waals surface area contributed by atoms with Crippen LogP contribution in [0.3, 0.4) is 0 Å². The van der Waals surface area contributed by atoms with Crippen LogP contribution < -0.4 is 4.74 Å². The Morgan fingerprint density at radius 3 is 2.00 bits per heavy atom. The summed E-state index contributed by atoms with van der Waals surface area (Å²) in [6.07, 6.45) is -0.310. The molecule has 3 rings (SSSR count). The zero-order chi connectivity index (χ0) is 14.7. The quantitative estimate of drug-likeness (QED) is 0.810. The lowest BCUT2D eigenvalue weighted by molar-refractivity contribution is -0.0441. The van der Waals surface area contributed by atoms with E-state index in [0.29, 0.717) is 24.3 Å². The van der Waals surface area contributed by atoms with E-state index in [-0.39, 0.29) is 12.1 Å². The van der Waals surface area contributed by atoms with Gasteiger partial charge in [0, 0.05) is 16.7 Å². The van der Waals surface area contributed by atoms with E-state index >= 15 is 0 Å². The fourth-order valence-electron chi connectivity index (χ4n) is 2.25. The molecule has 0 unspecified atom stereocenters. The normalized spacial score (nSPS) is 15.1. The predicted molar refractivity (Wildman–Crippen MR) is 77.5 cm³/mol. The lowest BCUT2D eigenvalue weighted by Crippen LogP contribution is -2.03. The maximum absolute atomic E-state index is 12.4. The fourth-order valence-corrected chi connectivity index (χ4v) is 2.25. The molecule has 1 aliphatic rings. The first-order chi connectivity index (χ1) is 10.3. The maximum atomic E-state index is 12.4. The molecule has 1 saturated heterocycles. The van der Waals surface area contributed by atoms with Crippen LogP contribution in [0.4, 0.5) is 0 Å². The summed E-state index contributed by atoms with van der Waals surface area (Å²) in [5.41, 5.74) is 2.21. The first-order valence-electron chi connectivity index (χ1n) is 6.80. The fraction of sp³-hybridized carbons (Fsp3) is 0.235. The highest BCUT2D eigenvalue weighted by Crippen LogP contribution is 2.24.